The number of nitrogens with zero attached hydrogens (tertiary/aromatic N) is 2. The molecular weight excluding hydrogens is 581 g/mol. The molecule has 220 valence electrons. The van der Waals surface area contributed by atoms with Crippen LogP contribution in [0.15, 0.2) is 77.7 Å². The number of hydrogen-bond acceptors (Lipinski definition) is 4. The Hall–Kier alpha value is -3.07. The van der Waals surface area contributed by atoms with Gasteiger partial charge in [0.15, 0.2) is 0 Å². The largest absolute Gasteiger partial charge is 0.354 e. The number of halogens is 2. The van der Waals surface area contributed by atoms with E-state index in [0.717, 1.165) is 16.3 Å². The summed E-state index contributed by atoms with van der Waals surface area (Å²) in [7, 11) is -4.11. The Bertz CT molecular complexity index is 1430. The normalized spacial score (nSPS) is 12.2. The first kappa shape index (κ1) is 32.4. The van der Waals surface area contributed by atoms with Crippen LogP contribution in [-0.4, -0.2) is 44.3 Å². The molecule has 0 bridgehead atoms. The number of hydrogen-bond donors (Lipinski definition) is 1. The lowest BCUT2D eigenvalue weighted by Crippen LogP contribution is -2.52. The maximum Gasteiger partial charge on any atom is 0.264 e. The van der Waals surface area contributed by atoms with Crippen LogP contribution >= 0.6 is 23.2 Å². The van der Waals surface area contributed by atoms with E-state index in [0.29, 0.717) is 34.3 Å². The summed E-state index contributed by atoms with van der Waals surface area (Å²) in [5, 5.41) is 3.60. The van der Waals surface area contributed by atoms with Gasteiger partial charge in [-0.25, -0.2) is 8.42 Å². The van der Waals surface area contributed by atoms with Crippen LogP contribution < -0.4 is 9.62 Å². The standard InChI is InChI=1S/C31H37Cl2N3O4S/c1-5-23-12-15-25(16-13-23)36(41(39,40)26-10-8-7-9-11-26)21-30(37)35(20-24-14-17-27(32)28(33)18-24)29(6-2)31(38)34-19-22(3)4/h7-18,22,29H,5-6,19-21H2,1-4H3,(H,34,38)/t29-/m1/s1. The fraction of sp³-hybridized carbons (Fsp3) is 0.355. The van der Waals surface area contributed by atoms with Gasteiger partial charge in [0.05, 0.1) is 20.6 Å². The predicted molar refractivity (Wildman–Crippen MR) is 166 cm³/mol. The Kier molecular flexibility index (Phi) is 11.6. The zero-order valence-electron chi connectivity index (χ0n) is 23.8. The van der Waals surface area contributed by atoms with E-state index in [1.54, 1.807) is 48.5 Å². The summed E-state index contributed by atoms with van der Waals surface area (Å²) in [4.78, 5) is 28.9. The molecule has 0 aliphatic heterocycles. The summed E-state index contributed by atoms with van der Waals surface area (Å²) < 4.78 is 28.9. The zero-order chi connectivity index (χ0) is 30.2. The molecule has 1 N–H and O–H groups in total. The Morgan fingerprint density at radius 2 is 1.51 bits per heavy atom. The maximum absolute atomic E-state index is 14.1. The van der Waals surface area contributed by atoms with E-state index in [2.05, 4.69) is 5.32 Å². The van der Waals surface area contributed by atoms with E-state index in [1.165, 1.54) is 17.0 Å². The first-order valence-electron chi connectivity index (χ1n) is 13.7. The predicted octanol–water partition coefficient (Wildman–Crippen LogP) is 6.33. The van der Waals surface area contributed by atoms with E-state index in [9.17, 15) is 18.0 Å². The van der Waals surface area contributed by atoms with E-state index >= 15 is 0 Å². The molecule has 0 saturated carbocycles. The Balaban J connectivity index is 2.05. The van der Waals surface area contributed by atoms with Gasteiger partial charge in [0, 0.05) is 13.1 Å². The summed E-state index contributed by atoms with van der Waals surface area (Å²) in [6.07, 6.45) is 1.11. The van der Waals surface area contributed by atoms with Gasteiger partial charge in [-0.1, -0.05) is 87.3 Å². The highest BCUT2D eigenvalue weighted by Crippen LogP contribution is 2.27. The van der Waals surface area contributed by atoms with Crippen LogP contribution in [0.5, 0.6) is 0 Å². The Morgan fingerprint density at radius 1 is 0.878 bits per heavy atom. The van der Waals surface area contributed by atoms with Crippen molar-refractivity contribution in [3.8, 4) is 0 Å². The van der Waals surface area contributed by atoms with E-state index in [4.69, 9.17) is 23.2 Å². The van der Waals surface area contributed by atoms with Crippen LogP contribution in [0, 0.1) is 5.92 Å². The highest BCUT2D eigenvalue weighted by Gasteiger charge is 2.33. The van der Waals surface area contributed by atoms with Crippen LogP contribution in [0.25, 0.3) is 0 Å². The van der Waals surface area contributed by atoms with Gasteiger partial charge in [0.1, 0.15) is 12.6 Å². The molecule has 3 rings (SSSR count). The average Bonchev–Trinajstić information content (AvgIpc) is 2.96. The number of carbonyl (C=O) groups is 2. The van der Waals surface area contributed by atoms with Crippen molar-refractivity contribution >= 4 is 50.7 Å². The zero-order valence-corrected chi connectivity index (χ0v) is 26.1. The molecule has 7 nitrogen and oxygen atoms in total. The fourth-order valence-corrected chi connectivity index (χ4v) is 6.08. The molecule has 0 saturated heterocycles. The number of sulfonamides is 1. The highest BCUT2D eigenvalue weighted by molar-refractivity contribution is 7.92. The van der Waals surface area contributed by atoms with Crippen LogP contribution in [0.2, 0.25) is 10.0 Å². The second-order valence-electron chi connectivity index (χ2n) is 10.2. The lowest BCUT2D eigenvalue weighted by molar-refractivity contribution is -0.140. The van der Waals surface area contributed by atoms with Crippen LogP contribution in [-0.2, 0) is 32.6 Å². The van der Waals surface area contributed by atoms with Gasteiger partial charge >= 0.3 is 0 Å². The smallest absolute Gasteiger partial charge is 0.264 e. The molecule has 0 unspecified atom stereocenters. The fourth-order valence-electron chi connectivity index (χ4n) is 4.32. The third-order valence-electron chi connectivity index (χ3n) is 6.65. The van der Waals surface area contributed by atoms with Gasteiger partial charge in [-0.15, -0.1) is 0 Å². The summed E-state index contributed by atoms with van der Waals surface area (Å²) in [6, 6.07) is 19.2. The van der Waals surface area contributed by atoms with E-state index in [-0.39, 0.29) is 23.3 Å². The summed E-state index contributed by atoms with van der Waals surface area (Å²) in [5.41, 5.74) is 2.05. The van der Waals surface area contributed by atoms with Crippen LogP contribution in [0.1, 0.15) is 45.2 Å². The number of amides is 2. The van der Waals surface area contributed by atoms with Gasteiger partial charge in [-0.2, -0.15) is 0 Å². The van der Waals surface area contributed by atoms with Crippen LogP contribution in [0.4, 0.5) is 5.69 Å². The number of benzene rings is 3. The first-order chi connectivity index (χ1) is 19.5. The molecule has 0 aliphatic rings. The van der Waals surface area contributed by atoms with Crippen LogP contribution in [0.3, 0.4) is 0 Å². The Labute approximate surface area is 253 Å². The molecule has 41 heavy (non-hydrogen) atoms. The summed E-state index contributed by atoms with van der Waals surface area (Å²) in [6.45, 7) is 7.77. The Morgan fingerprint density at radius 3 is 2.07 bits per heavy atom. The van der Waals surface area contributed by atoms with Crippen molar-refractivity contribution < 1.29 is 18.0 Å². The molecule has 10 heteroatoms. The lowest BCUT2D eigenvalue weighted by Gasteiger charge is -2.33. The molecule has 2 amide bonds. The third kappa shape index (κ3) is 8.47. The number of anilines is 1. The van der Waals surface area contributed by atoms with Crippen molar-refractivity contribution in [3.63, 3.8) is 0 Å². The second kappa shape index (κ2) is 14.7. The van der Waals surface area contributed by atoms with E-state index < -0.39 is 28.5 Å². The van der Waals surface area contributed by atoms with Crippen molar-refractivity contribution in [1.82, 2.24) is 10.2 Å². The quantitative estimate of drug-likeness (QED) is 0.243. The van der Waals surface area contributed by atoms with Gasteiger partial charge in [0.25, 0.3) is 10.0 Å². The molecule has 3 aromatic carbocycles. The topological polar surface area (TPSA) is 86.8 Å². The van der Waals surface area contributed by atoms with Gasteiger partial charge in [-0.3, -0.25) is 13.9 Å². The monoisotopic (exact) mass is 617 g/mol. The molecule has 0 radical (unpaired) electrons. The molecule has 0 heterocycles. The van der Waals surface area contributed by atoms with Crippen molar-refractivity contribution in [3.05, 3.63) is 94.0 Å². The number of nitrogens with one attached hydrogen (secondary N) is 1. The first-order valence-corrected chi connectivity index (χ1v) is 15.8. The summed E-state index contributed by atoms with van der Waals surface area (Å²) in [5.74, 6) is -0.616. The second-order valence-corrected chi connectivity index (χ2v) is 12.9. The number of aryl methyl sites for hydroxylation is 1. The van der Waals surface area contributed by atoms with Crippen molar-refractivity contribution in [1.29, 1.82) is 0 Å². The molecule has 0 fully saturated rings. The summed E-state index contributed by atoms with van der Waals surface area (Å²) >= 11 is 12.4. The highest BCUT2D eigenvalue weighted by atomic mass is 35.5. The van der Waals surface area contributed by atoms with E-state index in [1.807, 2.05) is 39.8 Å². The maximum atomic E-state index is 14.1. The molecule has 3 aromatic rings. The number of carbonyl (C=O) groups excluding carboxylic acids is 2. The van der Waals surface area contributed by atoms with Gasteiger partial charge in [0.2, 0.25) is 11.8 Å². The lowest BCUT2D eigenvalue weighted by atomic mass is 10.1. The minimum atomic E-state index is -4.11. The molecule has 0 aromatic heterocycles. The average molecular weight is 619 g/mol. The van der Waals surface area contributed by atoms with Crippen molar-refractivity contribution in [2.75, 3.05) is 17.4 Å². The number of rotatable bonds is 13. The van der Waals surface area contributed by atoms with Gasteiger partial charge < -0.3 is 10.2 Å². The van der Waals surface area contributed by atoms with Crippen molar-refractivity contribution in [2.24, 2.45) is 5.92 Å². The SMILES string of the molecule is CCc1ccc(N(CC(=O)N(Cc2ccc(Cl)c(Cl)c2)[C@H](CC)C(=O)NCC(C)C)S(=O)(=O)c2ccccc2)cc1. The molecule has 0 aliphatic carbocycles. The van der Waals surface area contributed by atoms with Crippen molar-refractivity contribution in [2.45, 2.75) is 58.0 Å². The minimum Gasteiger partial charge on any atom is -0.354 e. The molecule has 1 atom stereocenters. The molecule has 0 spiro atoms. The molecular formula is C31H37Cl2N3O4S. The van der Waals surface area contributed by atoms with Gasteiger partial charge in [-0.05, 0) is 66.3 Å². The third-order valence-corrected chi connectivity index (χ3v) is 9.18. The minimum absolute atomic E-state index is 0.0390.